The molecule has 180 valence electrons. The van der Waals surface area contributed by atoms with E-state index in [4.69, 9.17) is 23.7 Å². The third-order valence-electron chi connectivity index (χ3n) is 5.14. The van der Waals surface area contributed by atoms with Crippen LogP contribution in [-0.2, 0) is 18.0 Å². The highest BCUT2D eigenvalue weighted by atomic mass is 16.6. The molecule has 0 radical (unpaired) electrons. The van der Waals surface area contributed by atoms with Crippen molar-refractivity contribution in [3.05, 3.63) is 120 Å². The standard InChI is InChI=1S/C30H30O5/c1-3-11-25(12-4-1)23-34-29-17-9-7-15-27(29)32-21-19-31-20-22-33-28-16-8-10-18-30(28)35-24-26-13-5-2-6-14-26/h1-18H,19-24H2. The summed E-state index contributed by atoms with van der Waals surface area (Å²) in [5.74, 6) is 2.83. The van der Waals surface area contributed by atoms with Crippen LogP contribution in [0.1, 0.15) is 11.1 Å². The molecule has 0 bridgehead atoms. The van der Waals surface area contributed by atoms with Crippen molar-refractivity contribution in [3.8, 4) is 23.0 Å². The molecule has 0 aliphatic heterocycles. The highest BCUT2D eigenvalue weighted by Gasteiger charge is 2.06. The van der Waals surface area contributed by atoms with Crippen LogP contribution in [0.15, 0.2) is 109 Å². The highest BCUT2D eigenvalue weighted by Crippen LogP contribution is 2.28. The zero-order valence-electron chi connectivity index (χ0n) is 19.7. The normalized spacial score (nSPS) is 10.5. The van der Waals surface area contributed by atoms with Crippen LogP contribution >= 0.6 is 0 Å². The Labute approximate surface area is 206 Å². The van der Waals surface area contributed by atoms with Gasteiger partial charge in [-0.2, -0.15) is 0 Å². The third-order valence-corrected chi connectivity index (χ3v) is 5.14. The van der Waals surface area contributed by atoms with E-state index < -0.39 is 0 Å². The van der Waals surface area contributed by atoms with Gasteiger partial charge in [-0.25, -0.2) is 0 Å². The Morgan fingerprint density at radius 1 is 0.343 bits per heavy atom. The molecule has 0 aromatic heterocycles. The van der Waals surface area contributed by atoms with Crippen molar-refractivity contribution in [2.24, 2.45) is 0 Å². The Morgan fingerprint density at radius 2 is 0.686 bits per heavy atom. The zero-order chi connectivity index (χ0) is 24.0. The summed E-state index contributed by atoms with van der Waals surface area (Å²) < 4.78 is 29.3. The first kappa shape index (κ1) is 24.2. The lowest BCUT2D eigenvalue weighted by Crippen LogP contribution is -2.12. The lowest BCUT2D eigenvalue weighted by atomic mass is 10.2. The van der Waals surface area contributed by atoms with Crippen molar-refractivity contribution in [2.75, 3.05) is 26.4 Å². The molecule has 0 aliphatic rings. The minimum absolute atomic E-state index is 0.419. The Kier molecular flexibility index (Phi) is 9.45. The summed E-state index contributed by atoms with van der Waals surface area (Å²) >= 11 is 0. The van der Waals surface area contributed by atoms with Gasteiger partial charge in [-0.3, -0.25) is 0 Å². The van der Waals surface area contributed by atoms with Gasteiger partial charge in [-0.05, 0) is 35.4 Å². The molecule has 4 aromatic carbocycles. The monoisotopic (exact) mass is 470 g/mol. The van der Waals surface area contributed by atoms with Gasteiger partial charge >= 0.3 is 0 Å². The predicted octanol–water partition coefficient (Wildman–Crippen LogP) is 6.32. The van der Waals surface area contributed by atoms with Gasteiger partial charge in [0, 0.05) is 0 Å². The SMILES string of the molecule is c1ccc(COc2ccccc2OCCOCCOc2ccccc2OCc2ccccc2)cc1. The first-order chi connectivity index (χ1) is 17.4. The summed E-state index contributed by atoms with van der Waals surface area (Å²) in [6.07, 6.45) is 0. The molecule has 0 amide bonds. The fraction of sp³-hybridized carbons (Fsp3) is 0.200. The smallest absolute Gasteiger partial charge is 0.161 e. The average Bonchev–Trinajstić information content (AvgIpc) is 2.92. The summed E-state index contributed by atoms with van der Waals surface area (Å²) in [6.45, 7) is 2.72. The van der Waals surface area contributed by atoms with E-state index in [2.05, 4.69) is 0 Å². The second-order valence-corrected chi connectivity index (χ2v) is 7.75. The lowest BCUT2D eigenvalue weighted by molar-refractivity contribution is 0.0744. The first-order valence-electron chi connectivity index (χ1n) is 11.7. The van der Waals surface area contributed by atoms with Crippen molar-refractivity contribution in [1.82, 2.24) is 0 Å². The van der Waals surface area contributed by atoms with Crippen LogP contribution in [0, 0.1) is 0 Å². The van der Waals surface area contributed by atoms with Crippen LogP contribution in [0.4, 0.5) is 0 Å². The summed E-state index contributed by atoms with van der Waals surface area (Å²) in [6, 6.07) is 35.4. The van der Waals surface area contributed by atoms with E-state index in [-0.39, 0.29) is 0 Å². The van der Waals surface area contributed by atoms with Gasteiger partial charge in [0.25, 0.3) is 0 Å². The largest absolute Gasteiger partial charge is 0.487 e. The number of hydrogen-bond acceptors (Lipinski definition) is 5. The molecule has 0 fully saturated rings. The molecule has 5 heteroatoms. The Hall–Kier alpha value is -3.96. The van der Waals surface area contributed by atoms with Crippen molar-refractivity contribution in [2.45, 2.75) is 13.2 Å². The van der Waals surface area contributed by atoms with E-state index >= 15 is 0 Å². The second kappa shape index (κ2) is 13.7. The van der Waals surface area contributed by atoms with Crippen LogP contribution in [-0.4, -0.2) is 26.4 Å². The molecule has 0 unspecified atom stereocenters. The maximum Gasteiger partial charge on any atom is 0.161 e. The molecule has 0 N–H and O–H groups in total. The lowest BCUT2D eigenvalue weighted by Gasteiger charge is -2.14. The number of hydrogen-bond donors (Lipinski definition) is 0. The van der Waals surface area contributed by atoms with E-state index in [1.807, 2.05) is 109 Å². The van der Waals surface area contributed by atoms with Crippen LogP contribution in [0.25, 0.3) is 0 Å². The van der Waals surface area contributed by atoms with Gasteiger partial charge in [0.2, 0.25) is 0 Å². The maximum absolute atomic E-state index is 5.93. The highest BCUT2D eigenvalue weighted by molar-refractivity contribution is 5.40. The van der Waals surface area contributed by atoms with E-state index in [0.717, 1.165) is 11.1 Å². The minimum atomic E-state index is 0.419. The maximum atomic E-state index is 5.93. The van der Waals surface area contributed by atoms with Crippen molar-refractivity contribution >= 4 is 0 Å². The van der Waals surface area contributed by atoms with Crippen molar-refractivity contribution in [3.63, 3.8) is 0 Å². The molecule has 0 aliphatic carbocycles. The van der Waals surface area contributed by atoms with Gasteiger partial charge in [-0.1, -0.05) is 84.9 Å². The average molecular weight is 471 g/mol. The van der Waals surface area contributed by atoms with Gasteiger partial charge in [0.05, 0.1) is 13.2 Å². The zero-order valence-corrected chi connectivity index (χ0v) is 19.7. The molecule has 4 aromatic rings. The van der Waals surface area contributed by atoms with Crippen LogP contribution in [0.5, 0.6) is 23.0 Å². The second-order valence-electron chi connectivity index (χ2n) is 7.75. The number of ether oxygens (including phenoxy) is 5. The summed E-state index contributed by atoms with van der Waals surface area (Å²) in [7, 11) is 0. The fourth-order valence-corrected chi connectivity index (χ4v) is 3.37. The fourth-order valence-electron chi connectivity index (χ4n) is 3.37. The van der Waals surface area contributed by atoms with Gasteiger partial charge in [-0.15, -0.1) is 0 Å². The first-order valence-corrected chi connectivity index (χ1v) is 11.7. The van der Waals surface area contributed by atoms with Crippen LogP contribution in [0.2, 0.25) is 0 Å². The third kappa shape index (κ3) is 8.09. The van der Waals surface area contributed by atoms with Gasteiger partial charge < -0.3 is 23.7 Å². The molecular formula is C30H30O5. The van der Waals surface area contributed by atoms with Gasteiger partial charge in [0.1, 0.15) is 26.4 Å². The summed E-state index contributed by atoms with van der Waals surface area (Å²) in [4.78, 5) is 0. The molecule has 0 spiro atoms. The van der Waals surface area contributed by atoms with Crippen LogP contribution in [0.3, 0.4) is 0 Å². The van der Waals surface area contributed by atoms with E-state index in [1.165, 1.54) is 0 Å². The molecule has 5 nitrogen and oxygen atoms in total. The van der Waals surface area contributed by atoms with Crippen molar-refractivity contribution < 1.29 is 23.7 Å². The molecule has 0 atom stereocenters. The molecule has 0 saturated carbocycles. The molecule has 4 rings (SSSR count). The van der Waals surface area contributed by atoms with E-state index in [1.54, 1.807) is 0 Å². The van der Waals surface area contributed by atoms with E-state index in [9.17, 15) is 0 Å². The van der Waals surface area contributed by atoms with Crippen LogP contribution < -0.4 is 18.9 Å². The van der Waals surface area contributed by atoms with E-state index in [0.29, 0.717) is 62.6 Å². The van der Waals surface area contributed by atoms with Crippen molar-refractivity contribution in [1.29, 1.82) is 0 Å². The molecule has 0 heterocycles. The molecule has 0 saturated heterocycles. The number of rotatable bonds is 14. The molecular weight excluding hydrogens is 440 g/mol. The predicted molar refractivity (Wildman–Crippen MR) is 136 cm³/mol. The molecule has 35 heavy (non-hydrogen) atoms. The Bertz CT molecular complexity index is 1040. The Morgan fingerprint density at radius 3 is 1.09 bits per heavy atom. The topological polar surface area (TPSA) is 46.2 Å². The van der Waals surface area contributed by atoms with Gasteiger partial charge in [0.15, 0.2) is 23.0 Å². The quantitative estimate of drug-likeness (QED) is 0.202. The number of para-hydroxylation sites is 4. The number of benzene rings is 4. The minimum Gasteiger partial charge on any atom is -0.487 e. The Balaban J connectivity index is 1.14. The summed E-state index contributed by atoms with van der Waals surface area (Å²) in [5, 5.41) is 0. The summed E-state index contributed by atoms with van der Waals surface area (Å²) in [5.41, 5.74) is 2.22.